The maximum absolute atomic E-state index is 13.6. The predicted molar refractivity (Wildman–Crippen MR) is 97.3 cm³/mol. The van der Waals surface area contributed by atoms with Crippen LogP contribution in [-0.4, -0.2) is 58.8 Å². The molecule has 5 amide bonds. The van der Waals surface area contributed by atoms with Crippen LogP contribution in [0.2, 0.25) is 0 Å². The van der Waals surface area contributed by atoms with E-state index >= 15 is 0 Å². The molecular formula is C19H19FN4O4. The number of nitrogens with one attached hydrogen (secondary N) is 1. The lowest BCUT2D eigenvalue weighted by Crippen LogP contribution is -2.54. The van der Waals surface area contributed by atoms with Gasteiger partial charge in [0.05, 0.1) is 24.1 Å². The Bertz CT molecular complexity index is 882. The molecule has 1 unspecified atom stereocenters. The molecule has 1 atom stereocenters. The van der Waals surface area contributed by atoms with E-state index in [4.69, 9.17) is 4.42 Å². The summed E-state index contributed by atoms with van der Waals surface area (Å²) in [5.74, 6) is 0.130. The third kappa shape index (κ3) is 3.47. The van der Waals surface area contributed by atoms with Crippen LogP contribution < -0.4 is 5.32 Å². The van der Waals surface area contributed by atoms with Gasteiger partial charge in [0.25, 0.3) is 5.91 Å². The van der Waals surface area contributed by atoms with Gasteiger partial charge < -0.3 is 14.6 Å². The number of allylic oxidation sites excluding steroid dienone is 3. The number of aliphatic imine (C=N–C) groups is 1. The Labute approximate surface area is 160 Å². The SMILES string of the molecule is O=C(NCc1ccco1)N1CCC(N2C(=O)N=C3C=CC(F)C=C3C2=O)CC1. The first-order valence-electron chi connectivity index (χ1n) is 9.09. The van der Waals surface area contributed by atoms with Crippen LogP contribution >= 0.6 is 0 Å². The van der Waals surface area contributed by atoms with Crippen molar-refractivity contribution in [2.45, 2.75) is 31.6 Å². The molecule has 0 saturated carbocycles. The number of furan rings is 1. The molecule has 28 heavy (non-hydrogen) atoms. The quantitative estimate of drug-likeness (QED) is 0.861. The first kappa shape index (κ1) is 18.1. The Hall–Kier alpha value is -3.23. The molecule has 3 heterocycles. The second-order valence-electron chi connectivity index (χ2n) is 6.79. The van der Waals surface area contributed by atoms with Crippen LogP contribution in [0.3, 0.4) is 0 Å². The van der Waals surface area contributed by atoms with Crippen molar-refractivity contribution < 1.29 is 23.2 Å². The van der Waals surface area contributed by atoms with E-state index in [2.05, 4.69) is 10.3 Å². The number of rotatable bonds is 3. The summed E-state index contributed by atoms with van der Waals surface area (Å²) in [5, 5.41) is 2.77. The number of imide groups is 1. The highest BCUT2D eigenvalue weighted by Crippen LogP contribution is 2.26. The summed E-state index contributed by atoms with van der Waals surface area (Å²) in [4.78, 5) is 44.0. The monoisotopic (exact) mass is 386 g/mol. The van der Waals surface area contributed by atoms with Gasteiger partial charge in [-0.05, 0) is 43.2 Å². The normalized spacial score (nSPS) is 22.7. The van der Waals surface area contributed by atoms with E-state index in [0.29, 0.717) is 38.2 Å². The molecular weight excluding hydrogens is 367 g/mol. The summed E-state index contributed by atoms with van der Waals surface area (Å²) in [5.41, 5.74) is 0.322. The summed E-state index contributed by atoms with van der Waals surface area (Å²) in [6.07, 6.45) is 4.84. The number of nitrogens with zero attached hydrogens (tertiary/aromatic N) is 3. The number of alkyl halides is 1. The molecule has 0 spiro atoms. The van der Waals surface area contributed by atoms with Gasteiger partial charge in [-0.15, -0.1) is 0 Å². The minimum absolute atomic E-state index is 0.119. The fraction of sp³-hybridized carbons (Fsp3) is 0.368. The lowest BCUT2D eigenvalue weighted by atomic mass is 9.96. The van der Waals surface area contributed by atoms with Crippen LogP contribution in [-0.2, 0) is 11.3 Å². The Balaban J connectivity index is 1.37. The first-order chi connectivity index (χ1) is 13.5. The molecule has 8 nitrogen and oxygen atoms in total. The maximum Gasteiger partial charge on any atom is 0.351 e. The third-order valence-corrected chi connectivity index (χ3v) is 5.02. The number of hydrogen-bond acceptors (Lipinski definition) is 4. The first-order valence-corrected chi connectivity index (χ1v) is 9.09. The lowest BCUT2D eigenvalue weighted by molar-refractivity contribution is -0.126. The molecule has 1 N–H and O–H groups in total. The van der Waals surface area contributed by atoms with Gasteiger partial charge in [-0.2, -0.15) is 4.99 Å². The molecule has 0 radical (unpaired) electrons. The number of likely N-dealkylation sites (tertiary alicyclic amines) is 1. The van der Waals surface area contributed by atoms with Crippen LogP contribution in [0.4, 0.5) is 14.0 Å². The predicted octanol–water partition coefficient (Wildman–Crippen LogP) is 2.19. The molecule has 4 rings (SSSR count). The number of halogens is 1. The molecule has 1 aromatic rings. The Morgan fingerprint density at radius 1 is 1.32 bits per heavy atom. The Kier molecular flexibility index (Phi) is 4.81. The van der Waals surface area contributed by atoms with Crippen molar-refractivity contribution in [3.63, 3.8) is 0 Å². The largest absolute Gasteiger partial charge is 0.467 e. The van der Waals surface area contributed by atoms with Crippen LogP contribution in [0.1, 0.15) is 18.6 Å². The minimum Gasteiger partial charge on any atom is -0.467 e. The zero-order valence-electron chi connectivity index (χ0n) is 15.0. The molecule has 1 aliphatic carbocycles. The van der Waals surface area contributed by atoms with Gasteiger partial charge >= 0.3 is 12.1 Å². The summed E-state index contributed by atoms with van der Waals surface area (Å²) >= 11 is 0. The van der Waals surface area contributed by atoms with E-state index in [1.165, 1.54) is 24.5 Å². The zero-order chi connectivity index (χ0) is 19.7. The fourth-order valence-corrected chi connectivity index (χ4v) is 3.56. The fourth-order valence-electron chi connectivity index (χ4n) is 3.56. The second-order valence-corrected chi connectivity index (χ2v) is 6.79. The van der Waals surface area contributed by atoms with Gasteiger partial charge in [-0.25, -0.2) is 14.0 Å². The molecule has 146 valence electrons. The molecule has 2 aliphatic heterocycles. The van der Waals surface area contributed by atoms with Crippen molar-refractivity contribution in [1.82, 2.24) is 15.1 Å². The molecule has 3 aliphatic rings. The third-order valence-electron chi connectivity index (χ3n) is 5.02. The van der Waals surface area contributed by atoms with Gasteiger partial charge in [0, 0.05) is 19.1 Å². The highest BCUT2D eigenvalue weighted by molar-refractivity contribution is 6.33. The van der Waals surface area contributed by atoms with E-state index in [9.17, 15) is 18.8 Å². The van der Waals surface area contributed by atoms with Gasteiger partial charge in [0.1, 0.15) is 11.9 Å². The van der Waals surface area contributed by atoms with E-state index in [1.807, 2.05) is 0 Å². The van der Waals surface area contributed by atoms with Crippen molar-refractivity contribution in [2.24, 2.45) is 4.99 Å². The number of carbonyl (C=O) groups excluding carboxylic acids is 3. The van der Waals surface area contributed by atoms with Crippen LogP contribution in [0.5, 0.6) is 0 Å². The highest BCUT2D eigenvalue weighted by atomic mass is 19.1. The molecule has 1 aromatic heterocycles. The van der Waals surface area contributed by atoms with Gasteiger partial charge in [-0.1, -0.05) is 0 Å². The van der Waals surface area contributed by atoms with Crippen LogP contribution in [0.25, 0.3) is 0 Å². The standard InChI is InChI=1S/C19H19FN4O4/c20-12-3-4-16-15(10-12)17(25)24(19(27)22-16)13-5-7-23(8-6-13)18(26)21-11-14-2-1-9-28-14/h1-4,9-10,12-13H,5-8,11H2,(H,21,26). The molecule has 0 bridgehead atoms. The van der Waals surface area contributed by atoms with E-state index < -0.39 is 18.1 Å². The van der Waals surface area contributed by atoms with E-state index in [0.717, 1.165) is 4.90 Å². The topological polar surface area (TPSA) is 95.2 Å². The summed E-state index contributed by atoms with van der Waals surface area (Å²) in [7, 11) is 0. The number of fused-ring (bicyclic) bond motifs is 1. The van der Waals surface area contributed by atoms with Crippen molar-refractivity contribution >= 4 is 23.7 Å². The summed E-state index contributed by atoms with van der Waals surface area (Å²) in [6, 6.07) is 2.28. The molecule has 0 aromatic carbocycles. The van der Waals surface area contributed by atoms with Crippen molar-refractivity contribution in [3.8, 4) is 0 Å². The lowest BCUT2D eigenvalue weighted by Gasteiger charge is -2.38. The van der Waals surface area contributed by atoms with Gasteiger partial charge in [0.15, 0.2) is 0 Å². The average Bonchev–Trinajstić information content (AvgIpc) is 3.21. The Morgan fingerprint density at radius 2 is 2.11 bits per heavy atom. The van der Waals surface area contributed by atoms with Crippen molar-refractivity contribution in [3.05, 3.63) is 48.0 Å². The van der Waals surface area contributed by atoms with Crippen LogP contribution in [0, 0.1) is 0 Å². The van der Waals surface area contributed by atoms with E-state index in [1.54, 1.807) is 17.0 Å². The van der Waals surface area contributed by atoms with Crippen molar-refractivity contribution in [1.29, 1.82) is 0 Å². The number of piperidine rings is 1. The molecule has 1 fully saturated rings. The summed E-state index contributed by atoms with van der Waals surface area (Å²) in [6.45, 7) is 1.08. The van der Waals surface area contributed by atoms with E-state index in [-0.39, 0.29) is 23.4 Å². The average molecular weight is 386 g/mol. The van der Waals surface area contributed by atoms with Gasteiger partial charge in [-0.3, -0.25) is 9.69 Å². The minimum atomic E-state index is -1.37. The van der Waals surface area contributed by atoms with Gasteiger partial charge in [0.2, 0.25) is 0 Å². The van der Waals surface area contributed by atoms with Crippen molar-refractivity contribution in [2.75, 3.05) is 13.1 Å². The summed E-state index contributed by atoms with van der Waals surface area (Å²) < 4.78 is 18.8. The zero-order valence-corrected chi connectivity index (χ0v) is 15.0. The smallest absolute Gasteiger partial charge is 0.351 e. The number of urea groups is 2. The number of carbonyl (C=O) groups is 3. The number of amides is 5. The van der Waals surface area contributed by atoms with Crippen LogP contribution in [0.15, 0.2) is 51.6 Å². The maximum atomic E-state index is 13.6. The molecule has 1 saturated heterocycles. The number of hydrogen-bond donors (Lipinski definition) is 1. The second kappa shape index (κ2) is 7.41. The molecule has 9 heteroatoms. The highest BCUT2D eigenvalue weighted by Gasteiger charge is 2.39. The Morgan fingerprint density at radius 3 is 2.82 bits per heavy atom.